The molecule has 0 saturated carbocycles. The summed E-state index contributed by atoms with van der Waals surface area (Å²) in [5.41, 5.74) is 3.41. The molecule has 1 rings (SSSR count). The summed E-state index contributed by atoms with van der Waals surface area (Å²) in [5.74, 6) is 7.86. The van der Waals surface area contributed by atoms with Crippen molar-refractivity contribution in [2.75, 3.05) is 6.54 Å². The van der Waals surface area contributed by atoms with E-state index in [-0.39, 0.29) is 0 Å². The molecule has 0 aliphatic heterocycles. The van der Waals surface area contributed by atoms with E-state index in [1.165, 1.54) is 0 Å². The monoisotopic (exact) mass is 239 g/mol. The predicted octanol–water partition coefficient (Wildman–Crippen LogP) is 0.856. The van der Waals surface area contributed by atoms with Gasteiger partial charge in [0.15, 0.2) is 0 Å². The summed E-state index contributed by atoms with van der Waals surface area (Å²) in [6.07, 6.45) is 0. The molecule has 6 nitrogen and oxygen atoms in total. The molecule has 1 heterocycles. The fourth-order valence-electron chi connectivity index (χ4n) is 1.21. The first-order chi connectivity index (χ1) is 8.02. The second-order valence-electron chi connectivity index (χ2n) is 4.33. The van der Waals surface area contributed by atoms with Gasteiger partial charge < -0.3 is 9.73 Å². The highest BCUT2D eigenvalue weighted by atomic mass is 16.4. The van der Waals surface area contributed by atoms with Gasteiger partial charge in [-0.1, -0.05) is 13.8 Å². The Bertz CT molecular complexity index is 364. The number of aliphatic imine (C=N–C) groups is 1. The van der Waals surface area contributed by atoms with Crippen LogP contribution in [0.15, 0.2) is 9.41 Å². The van der Waals surface area contributed by atoms with Crippen LogP contribution in [0.4, 0.5) is 0 Å². The standard InChI is InChI=1S/C11H21N5O/c1-7(2)5-13-11(16-12)14-6-10-15-8(3)9(4)17-10/h7H,5-6,12H2,1-4H3,(H2,13,14,16). The average Bonchev–Trinajstić information content (AvgIpc) is 2.58. The van der Waals surface area contributed by atoms with Crippen LogP contribution in [0.5, 0.6) is 0 Å². The van der Waals surface area contributed by atoms with Crippen molar-refractivity contribution in [3.8, 4) is 0 Å². The molecule has 0 saturated heterocycles. The van der Waals surface area contributed by atoms with E-state index in [1.54, 1.807) is 0 Å². The molecule has 4 N–H and O–H groups in total. The van der Waals surface area contributed by atoms with Gasteiger partial charge in [-0.15, -0.1) is 0 Å². The summed E-state index contributed by atoms with van der Waals surface area (Å²) in [4.78, 5) is 8.49. The Balaban J connectivity index is 2.54. The van der Waals surface area contributed by atoms with Crippen LogP contribution in [0, 0.1) is 19.8 Å². The molecular weight excluding hydrogens is 218 g/mol. The van der Waals surface area contributed by atoms with Crippen LogP contribution >= 0.6 is 0 Å². The minimum Gasteiger partial charge on any atom is -0.444 e. The van der Waals surface area contributed by atoms with Gasteiger partial charge in [0.05, 0.1) is 5.69 Å². The predicted molar refractivity (Wildman–Crippen MR) is 67.3 cm³/mol. The lowest BCUT2D eigenvalue weighted by molar-refractivity contribution is 0.472. The van der Waals surface area contributed by atoms with E-state index in [0.29, 0.717) is 24.3 Å². The number of oxazole rings is 1. The molecule has 6 heteroatoms. The molecule has 0 spiro atoms. The van der Waals surface area contributed by atoms with Gasteiger partial charge in [0.1, 0.15) is 12.3 Å². The van der Waals surface area contributed by atoms with E-state index in [2.05, 4.69) is 34.6 Å². The van der Waals surface area contributed by atoms with Crippen LogP contribution in [0.1, 0.15) is 31.2 Å². The third kappa shape index (κ3) is 4.44. The number of guanidine groups is 1. The maximum Gasteiger partial charge on any atom is 0.216 e. The van der Waals surface area contributed by atoms with Gasteiger partial charge >= 0.3 is 0 Å². The lowest BCUT2D eigenvalue weighted by atomic mass is 10.2. The largest absolute Gasteiger partial charge is 0.444 e. The van der Waals surface area contributed by atoms with Gasteiger partial charge in [-0.25, -0.2) is 15.8 Å². The Morgan fingerprint density at radius 3 is 2.65 bits per heavy atom. The summed E-state index contributed by atoms with van der Waals surface area (Å²) in [5, 5.41) is 3.10. The Morgan fingerprint density at radius 2 is 2.18 bits per heavy atom. The van der Waals surface area contributed by atoms with E-state index in [0.717, 1.165) is 18.0 Å². The van der Waals surface area contributed by atoms with Crippen LogP contribution in [0.25, 0.3) is 0 Å². The quantitative estimate of drug-likeness (QED) is 0.314. The fourth-order valence-corrected chi connectivity index (χ4v) is 1.21. The summed E-state index contributed by atoms with van der Waals surface area (Å²) in [6, 6.07) is 0. The Kier molecular flexibility index (Phi) is 4.96. The molecule has 0 aliphatic rings. The molecule has 0 aliphatic carbocycles. The molecule has 0 amide bonds. The summed E-state index contributed by atoms with van der Waals surface area (Å²) in [7, 11) is 0. The summed E-state index contributed by atoms with van der Waals surface area (Å²) >= 11 is 0. The number of rotatable bonds is 4. The zero-order valence-corrected chi connectivity index (χ0v) is 10.9. The highest BCUT2D eigenvalue weighted by Crippen LogP contribution is 2.08. The van der Waals surface area contributed by atoms with Crippen molar-refractivity contribution >= 4 is 5.96 Å². The van der Waals surface area contributed by atoms with Gasteiger partial charge in [-0.3, -0.25) is 5.43 Å². The lowest BCUT2D eigenvalue weighted by Gasteiger charge is -2.10. The molecule has 0 fully saturated rings. The number of aromatic nitrogens is 1. The molecule has 0 bridgehead atoms. The second-order valence-corrected chi connectivity index (χ2v) is 4.33. The van der Waals surface area contributed by atoms with E-state index < -0.39 is 0 Å². The maximum atomic E-state index is 5.42. The SMILES string of the molecule is Cc1nc(CN=C(NN)NCC(C)C)oc1C. The molecule has 0 aromatic carbocycles. The number of nitrogens with zero attached hydrogens (tertiary/aromatic N) is 2. The van der Waals surface area contributed by atoms with Crippen molar-refractivity contribution in [1.29, 1.82) is 0 Å². The fraction of sp³-hybridized carbons (Fsp3) is 0.636. The minimum atomic E-state index is 0.374. The number of hydrogen-bond acceptors (Lipinski definition) is 4. The number of aryl methyl sites for hydroxylation is 2. The van der Waals surface area contributed by atoms with E-state index in [4.69, 9.17) is 10.3 Å². The first-order valence-corrected chi connectivity index (χ1v) is 5.70. The average molecular weight is 239 g/mol. The number of nitrogens with two attached hydrogens (primary N) is 1. The van der Waals surface area contributed by atoms with E-state index in [1.807, 2.05) is 13.8 Å². The van der Waals surface area contributed by atoms with Gasteiger partial charge in [0.25, 0.3) is 0 Å². The highest BCUT2D eigenvalue weighted by Gasteiger charge is 2.05. The first-order valence-electron chi connectivity index (χ1n) is 5.70. The topological polar surface area (TPSA) is 88.5 Å². The van der Waals surface area contributed by atoms with Gasteiger partial charge in [0.2, 0.25) is 11.9 Å². The molecule has 0 atom stereocenters. The maximum absolute atomic E-state index is 5.42. The van der Waals surface area contributed by atoms with Crippen molar-refractivity contribution in [2.24, 2.45) is 16.8 Å². The van der Waals surface area contributed by atoms with Crippen LogP contribution in [-0.2, 0) is 6.54 Å². The zero-order chi connectivity index (χ0) is 12.8. The minimum absolute atomic E-state index is 0.374. The van der Waals surface area contributed by atoms with Crippen molar-refractivity contribution in [3.05, 3.63) is 17.3 Å². The lowest BCUT2D eigenvalue weighted by Crippen LogP contribution is -2.42. The molecular formula is C11H21N5O. The smallest absolute Gasteiger partial charge is 0.216 e. The molecule has 1 aromatic heterocycles. The molecule has 0 radical (unpaired) electrons. The van der Waals surface area contributed by atoms with E-state index in [9.17, 15) is 0 Å². The highest BCUT2D eigenvalue weighted by molar-refractivity contribution is 5.79. The molecule has 1 aromatic rings. The summed E-state index contributed by atoms with van der Waals surface area (Å²) < 4.78 is 5.42. The molecule has 96 valence electrons. The third-order valence-corrected chi connectivity index (χ3v) is 2.26. The molecule has 17 heavy (non-hydrogen) atoms. The normalized spacial score (nSPS) is 12.0. The van der Waals surface area contributed by atoms with Crippen LogP contribution < -0.4 is 16.6 Å². The van der Waals surface area contributed by atoms with Gasteiger partial charge in [-0.2, -0.15) is 0 Å². The van der Waals surface area contributed by atoms with Crippen LogP contribution in [0.3, 0.4) is 0 Å². The van der Waals surface area contributed by atoms with Crippen molar-refractivity contribution < 1.29 is 4.42 Å². The van der Waals surface area contributed by atoms with Gasteiger partial charge in [-0.05, 0) is 19.8 Å². The molecule has 0 unspecified atom stereocenters. The van der Waals surface area contributed by atoms with Crippen molar-refractivity contribution in [2.45, 2.75) is 34.2 Å². The van der Waals surface area contributed by atoms with Crippen molar-refractivity contribution in [1.82, 2.24) is 15.7 Å². The summed E-state index contributed by atoms with van der Waals surface area (Å²) in [6.45, 7) is 9.20. The van der Waals surface area contributed by atoms with Crippen LogP contribution in [-0.4, -0.2) is 17.5 Å². The number of nitrogens with one attached hydrogen (secondary N) is 2. The van der Waals surface area contributed by atoms with Crippen LogP contribution in [0.2, 0.25) is 0 Å². The Morgan fingerprint density at radius 1 is 1.47 bits per heavy atom. The van der Waals surface area contributed by atoms with Crippen molar-refractivity contribution in [3.63, 3.8) is 0 Å². The van der Waals surface area contributed by atoms with E-state index >= 15 is 0 Å². The zero-order valence-electron chi connectivity index (χ0n) is 10.9. The number of hydrazine groups is 1. The first kappa shape index (κ1) is 13.5. The Labute approximate surface area is 102 Å². The second kappa shape index (κ2) is 6.24. The van der Waals surface area contributed by atoms with Gasteiger partial charge in [0, 0.05) is 6.54 Å². The third-order valence-electron chi connectivity index (χ3n) is 2.26. The number of hydrogen-bond donors (Lipinski definition) is 3. The Hall–Kier alpha value is -1.56.